The summed E-state index contributed by atoms with van der Waals surface area (Å²) in [7, 11) is 0. The minimum atomic E-state index is -0.638. The Bertz CT molecular complexity index is 883. The van der Waals surface area contributed by atoms with E-state index in [2.05, 4.69) is 5.32 Å². The Hall–Kier alpha value is -3.34. The fourth-order valence-electron chi connectivity index (χ4n) is 2.52. The molecule has 1 heterocycles. The molecule has 0 bridgehead atoms. The molecule has 0 spiro atoms. The van der Waals surface area contributed by atoms with Gasteiger partial charge in [0.1, 0.15) is 0 Å². The van der Waals surface area contributed by atoms with Crippen LogP contribution in [0, 0.1) is 0 Å². The van der Waals surface area contributed by atoms with Gasteiger partial charge in [0, 0.05) is 11.1 Å². The van der Waals surface area contributed by atoms with E-state index in [0.29, 0.717) is 11.1 Å². The molecule has 2 aromatic carbocycles. The molecule has 3 rings (SSSR count). The number of nitrogens with two attached hydrogens (primary N) is 1. The molecule has 0 aliphatic carbocycles. The van der Waals surface area contributed by atoms with Crippen molar-refractivity contribution in [1.82, 2.24) is 5.32 Å². The standard InChI is InChI=1S/C20H18N2O3/c1-13(17-11-18(19(21)23)25-12-17)22-20(24)16-9-7-15(8-10-16)14-5-3-2-4-6-14/h2-13H,1H3,(H2,21,23)(H,22,24). The Labute approximate surface area is 145 Å². The lowest BCUT2D eigenvalue weighted by Crippen LogP contribution is -2.26. The molecule has 0 saturated heterocycles. The summed E-state index contributed by atoms with van der Waals surface area (Å²) in [5, 5.41) is 2.87. The first kappa shape index (κ1) is 16.5. The Morgan fingerprint density at radius 1 is 1.00 bits per heavy atom. The van der Waals surface area contributed by atoms with Crippen LogP contribution in [0.3, 0.4) is 0 Å². The van der Waals surface area contributed by atoms with Crippen LogP contribution in [-0.2, 0) is 0 Å². The molecule has 126 valence electrons. The van der Waals surface area contributed by atoms with Gasteiger partial charge >= 0.3 is 0 Å². The molecule has 1 aromatic heterocycles. The van der Waals surface area contributed by atoms with E-state index in [0.717, 1.165) is 11.1 Å². The predicted octanol–water partition coefficient (Wildman–Crippen LogP) is 3.54. The van der Waals surface area contributed by atoms with Gasteiger partial charge in [-0.25, -0.2) is 0 Å². The maximum Gasteiger partial charge on any atom is 0.284 e. The number of rotatable bonds is 5. The van der Waals surface area contributed by atoms with Crippen LogP contribution in [0.5, 0.6) is 0 Å². The van der Waals surface area contributed by atoms with Gasteiger partial charge in [0.05, 0.1) is 12.3 Å². The van der Waals surface area contributed by atoms with Gasteiger partial charge in [-0.3, -0.25) is 9.59 Å². The summed E-state index contributed by atoms with van der Waals surface area (Å²) in [4.78, 5) is 23.5. The van der Waals surface area contributed by atoms with E-state index >= 15 is 0 Å². The van der Waals surface area contributed by atoms with Gasteiger partial charge in [-0.2, -0.15) is 0 Å². The monoisotopic (exact) mass is 334 g/mol. The summed E-state index contributed by atoms with van der Waals surface area (Å²) in [6.45, 7) is 1.81. The van der Waals surface area contributed by atoms with E-state index in [-0.39, 0.29) is 17.7 Å². The van der Waals surface area contributed by atoms with Crippen LogP contribution in [0.4, 0.5) is 0 Å². The van der Waals surface area contributed by atoms with Crippen molar-refractivity contribution in [3.63, 3.8) is 0 Å². The zero-order chi connectivity index (χ0) is 17.8. The number of furan rings is 1. The number of carbonyl (C=O) groups is 2. The second-order valence-corrected chi connectivity index (χ2v) is 5.75. The molecule has 0 aliphatic rings. The van der Waals surface area contributed by atoms with E-state index in [4.69, 9.17) is 10.2 Å². The maximum absolute atomic E-state index is 12.4. The molecule has 0 aliphatic heterocycles. The number of hydrogen-bond donors (Lipinski definition) is 2. The van der Waals surface area contributed by atoms with Crippen molar-refractivity contribution in [2.75, 3.05) is 0 Å². The summed E-state index contributed by atoms with van der Waals surface area (Å²) in [6.07, 6.45) is 1.42. The van der Waals surface area contributed by atoms with Gasteiger partial charge in [0.2, 0.25) is 0 Å². The van der Waals surface area contributed by atoms with Crippen molar-refractivity contribution >= 4 is 11.8 Å². The summed E-state index contributed by atoms with van der Waals surface area (Å²) in [5.74, 6) is -0.765. The number of amides is 2. The zero-order valence-electron chi connectivity index (χ0n) is 13.7. The number of hydrogen-bond acceptors (Lipinski definition) is 3. The van der Waals surface area contributed by atoms with E-state index in [1.165, 1.54) is 12.3 Å². The summed E-state index contributed by atoms with van der Waals surface area (Å²) >= 11 is 0. The first-order valence-electron chi connectivity index (χ1n) is 7.89. The van der Waals surface area contributed by atoms with Gasteiger partial charge in [0.25, 0.3) is 11.8 Å². The van der Waals surface area contributed by atoms with E-state index < -0.39 is 5.91 Å². The highest BCUT2D eigenvalue weighted by Crippen LogP contribution is 2.20. The zero-order valence-corrected chi connectivity index (χ0v) is 13.7. The predicted molar refractivity (Wildman–Crippen MR) is 95.0 cm³/mol. The van der Waals surface area contributed by atoms with Crippen molar-refractivity contribution < 1.29 is 14.0 Å². The third-order valence-corrected chi connectivity index (χ3v) is 3.96. The van der Waals surface area contributed by atoms with E-state index in [1.54, 1.807) is 12.1 Å². The van der Waals surface area contributed by atoms with Crippen LogP contribution in [0.1, 0.15) is 39.4 Å². The van der Waals surface area contributed by atoms with Crippen LogP contribution in [0.2, 0.25) is 0 Å². The fourth-order valence-corrected chi connectivity index (χ4v) is 2.52. The van der Waals surface area contributed by atoms with Crippen LogP contribution < -0.4 is 11.1 Å². The summed E-state index contributed by atoms with van der Waals surface area (Å²) in [6, 6.07) is 18.6. The number of nitrogens with one attached hydrogen (secondary N) is 1. The Kier molecular flexibility index (Phi) is 4.66. The number of carbonyl (C=O) groups excluding carboxylic acids is 2. The average molecular weight is 334 g/mol. The Balaban J connectivity index is 1.69. The molecule has 0 saturated carbocycles. The lowest BCUT2D eigenvalue weighted by molar-refractivity contribution is 0.0938. The molecular formula is C20H18N2O3. The highest BCUT2D eigenvalue weighted by atomic mass is 16.3. The molecule has 3 N–H and O–H groups in total. The van der Waals surface area contributed by atoms with Gasteiger partial charge in [-0.15, -0.1) is 0 Å². The second-order valence-electron chi connectivity index (χ2n) is 5.75. The molecule has 5 nitrogen and oxygen atoms in total. The Morgan fingerprint density at radius 3 is 2.24 bits per heavy atom. The highest BCUT2D eigenvalue weighted by molar-refractivity contribution is 5.95. The molecule has 5 heteroatoms. The van der Waals surface area contributed by atoms with Gasteiger partial charge in [-0.05, 0) is 36.2 Å². The van der Waals surface area contributed by atoms with Crippen LogP contribution in [0.15, 0.2) is 71.3 Å². The second kappa shape index (κ2) is 7.05. The van der Waals surface area contributed by atoms with Crippen molar-refractivity contribution in [3.05, 3.63) is 83.8 Å². The normalized spacial score (nSPS) is 11.7. The molecular weight excluding hydrogens is 316 g/mol. The Morgan fingerprint density at radius 2 is 1.64 bits per heavy atom. The minimum Gasteiger partial charge on any atom is -0.459 e. The molecule has 0 radical (unpaired) electrons. The largest absolute Gasteiger partial charge is 0.459 e. The molecule has 0 fully saturated rings. The van der Waals surface area contributed by atoms with Crippen LogP contribution >= 0.6 is 0 Å². The lowest BCUT2D eigenvalue weighted by Gasteiger charge is -2.12. The molecule has 1 unspecified atom stereocenters. The fraction of sp³-hybridized carbons (Fsp3) is 0.100. The molecule has 1 atom stereocenters. The first-order chi connectivity index (χ1) is 12.0. The SMILES string of the molecule is CC(NC(=O)c1ccc(-c2ccccc2)cc1)c1coc(C(N)=O)c1. The number of benzene rings is 2. The van der Waals surface area contributed by atoms with Crippen LogP contribution in [-0.4, -0.2) is 11.8 Å². The minimum absolute atomic E-state index is 0.0725. The summed E-state index contributed by atoms with van der Waals surface area (Å²) in [5.41, 5.74) is 8.55. The quantitative estimate of drug-likeness (QED) is 0.748. The lowest BCUT2D eigenvalue weighted by atomic mass is 10.0. The van der Waals surface area contributed by atoms with Gasteiger partial charge in [0.15, 0.2) is 5.76 Å². The summed E-state index contributed by atoms with van der Waals surface area (Å²) < 4.78 is 5.07. The molecule has 2 amide bonds. The van der Waals surface area contributed by atoms with Crippen molar-refractivity contribution in [3.8, 4) is 11.1 Å². The van der Waals surface area contributed by atoms with Crippen molar-refractivity contribution in [2.24, 2.45) is 5.73 Å². The highest BCUT2D eigenvalue weighted by Gasteiger charge is 2.15. The van der Waals surface area contributed by atoms with Crippen LogP contribution in [0.25, 0.3) is 11.1 Å². The maximum atomic E-state index is 12.4. The first-order valence-corrected chi connectivity index (χ1v) is 7.89. The van der Waals surface area contributed by atoms with Crippen molar-refractivity contribution in [1.29, 1.82) is 0 Å². The smallest absolute Gasteiger partial charge is 0.284 e. The molecule has 25 heavy (non-hydrogen) atoms. The van der Waals surface area contributed by atoms with Crippen molar-refractivity contribution in [2.45, 2.75) is 13.0 Å². The van der Waals surface area contributed by atoms with Gasteiger partial charge < -0.3 is 15.5 Å². The third kappa shape index (κ3) is 3.77. The topological polar surface area (TPSA) is 85.3 Å². The molecule has 3 aromatic rings. The van der Waals surface area contributed by atoms with E-state index in [1.807, 2.05) is 49.4 Å². The van der Waals surface area contributed by atoms with Gasteiger partial charge in [-0.1, -0.05) is 42.5 Å². The van der Waals surface area contributed by atoms with E-state index in [9.17, 15) is 9.59 Å². The third-order valence-electron chi connectivity index (χ3n) is 3.96. The number of primary amides is 1. The average Bonchev–Trinajstić information content (AvgIpc) is 3.13.